The van der Waals surface area contributed by atoms with Crippen LogP contribution in [0.15, 0.2) is 24.3 Å². The van der Waals surface area contributed by atoms with E-state index in [1.54, 1.807) is 0 Å². The van der Waals surface area contributed by atoms with Crippen LogP contribution in [0.2, 0.25) is 0 Å². The minimum Gasteiger partial charge on any atom is -0.370 e. The molecule has 0 aliphatic carbocycles. The van der Waals surface area contributed by atoms with Crippen LogP contribution >= 0.6 is 12.4 Å². The maximum atomic E-state index is 2.55. The topological polar surface area (TPSA) is 6.48 Å². The van der Waals surface area contributed by atoms with Crippen LogP contribution in [-0.4, -0.2) is 37.6 Å². The summed E-state index contributed by atoms with van der Waals surface area (Å²) in [6, 6.07) is 8.87. The molecule has 0 saturated heterocycles. The summed E-state index contributed by atoms with van der Waals surface area (Å²) in [4.78, 5) is 5.05. The fourth-order valence-corrected chi connectivity index (χ4v) is 2.65. The van der Waals surface area contributed by atoms with E-state index in [2.05, 4.69) is 47.9 Å². The summed E-state index contributed by atoms with van der Waals surface area (Å²) in [5.41, 5.74) is 2.99. The molecule has 2 rings (SSSR count). The molecule has 0 unspecified atom stereocenters. The molecule has 0 amide bonds. The number of anilines is 1. The number of halogens is 1. The minimum atomic E-state index is 0. The Labute approximate surface area is 117 Å². The summed E-state index contributed by atoms with van der Waals surface area (Å²) in [5, 5.41) is 0. The van der Waals surface area contributed by atoms with Gasteiger partial charge in [0.25, 0.3) is 0 Å². The van der Waals surface area contributed by atoms with Crippen molar-refractivity contribution in [3.63, 3.8) is 0 Å². The Morgan fingerprint density at radius 3 is 2.61 bits per heavy atom. The lowest BCUT2D eigenvalue weighted by atomic mass is 10.0. The number of likely N-dealkylation sites (N-methyl/N-ethyl adjacent to an activating group) is 1. The molecule has 1 aliphatic rings. The normalized spacial score (nSPS) is 14.3. The second-order valence-electron chi connectivity index (χ2n) is 4.75. The van der Waals surface area contributed by atoms with Crippen molar-refractivity contribution in [1.82, 2.24) is 4.90 Å². The predicted molar refractivity (Wildman–Crippen MR) is 82.0 cm³/mol. The maximum absolute atomic E-state index is 2.55. The number of benzene rings is 1. The van der Waals surface area contributed by atoms with Crippen molar-refractivity contribution in [2.24, 2.45) is 0 Å². The molecule has 1 heterocycles. The van der Waals surface area contributed by atoms with Gasteiger partial charge in [0.1, 0.15) is 0 Å². The Hall–Kier alpha value is -0.730. The lowest BCUT2D eigenvalue weighted by Crippen LogP contribution is -2.37. The molecule has 0 radical (unpaired) electrons. The SMILES string of the molecule is CCN(CC)CCN1CCCc2ccccc21.Cl. The minimum absolute atomic E-state index is 0. The van der Waals surface area contributed by atoms with Crippen LogP contribution in [0.3, 0.4) is 0 Å². The molecule has 0 saturated carbocycles. The van der Waals surface area contributed by atoms with Crippen LogP contribution in [0.4, 0.5) is 5.69 Å². The van der Waals surface area contributed by atoms with Crippen LogP contribution in [-0.2, 0) is 6.42 Å². The average Bonchev–Trinajstić information content (AvgIpc) is 2.40. The van der Waals surface area contributed by atoms with Crippen molar-refractivity contribution in [2.45, 2.75) is 26.7 Å². The molecule has 1 aliphatic heterocycles. The summed E-state index contributed by atoms with van der Waals surface area (Å²) in [6.07, 6.45) is 2.55. The van der Waals surface area contributed by atoms with E-state index >= 15 is 0 Å². The molecule has 102 valence electrons. The van der Waals surface area contributed by atoms with E-state index in [0.717, 1.165) is 13.1 Å². The third-order valence-electron chi connectivity index (χ3n) is 3.79. The molecule has 0 bridgehead atoms. The largest absolute Gasteiger partial charge is 0.370 e. The van der Waals surface area contributed by atoms with Gasteiger partial charge in [-0.25, -0.2) is 0 Å². The van der Waals surface area contributed by atoms with Gasteiger partial charge in [-0.15, -0.1) is 12.4 Å². The van der Waals surface area contributed by atoms with Crippen molar-refractivity contribution in [3.8, 4) is 0 Å². The lowest BCUT2D eigenvalue weighted by Gasteiger charge is -2.33. The van der Waals surface area contributed by atoms with E-state index in [4.69, 9.17) is 0 Å². The van der Waals surface area contributed by atoms with Gasteiger partial charge in [-0.05, 0) is 37.6 Å². The summed E-state index contributed by atoms with van der Waals surface area (Å²) in [6.45, 7) is 10.4. The number of rotatable bonds is 5. The van der Waals surface area contributed by atoms with E-state index in [9.17, 15) is 0 Å². The molecular formula is C15H25ClN2. The number of nitrogens with zero attached hydrogens (tertiary/aromatic N) is 2. The molecule has 0 spiro atoms. The quantitative estimate of drug-likeness (QED) is 0.809. The number of aryl methyl sites for hydroxylation is 1. The fourth-order valence-electron chi connectivity index (χ4n) is 2.65. The first-order valence-electron chi connectivity index (χ1n) is 6.90. The Balaban J connectivity index is 0.00000162. The summed E-state index contributed by atoms with van der Waals surface area (Å²) >= 11 is 0. The smallest absolute Gasteiger partial charge is 0.0399 e. The van der Waals surface area contributed by atoms with E-state index in [-0.39, 0.29) is 12.4 Å². The van der Waals surface area contributed by atoms with Gasteiger partial charge < -0.3 is 9.80 Å². The lowest BCUT2D eigenvalue weighted by molar-refractivity contribution is 0.308. The highest BCUT2D eigenvalue weighted by atomic mass is 35.5. The molecule has 2 nitrogen and oxygen atoms in total. The van der Waals surface area contributed by atoms with Crippen LogP contribution in [0.5, 0.6) is 0 Å². The summed E-state index contributed by atoms with van der Waals surface area (Å²) in [7, 11) is 0. The molecule has 3 heteroatoms. The summed E-state index contributed by atoms with van der Waals surface area (Å²) in [5.74, 6) is 0. The highest BCUT2D eigenvalue weighted by molar-refractivity contribution is 5.85. The van der Waals surface area contributed by atoms with Gasteiger partial charge in [0.05, 0.1) is 0 Å². The molecule has 0 fully saturated rings. The monoisotopic (exact) mass is 268 g/mol. The van der Waals surface area contributed by atoms with Crippen molar-refractivity contribution >= 4 is 18.1 Å². The molecule has 0 atom stereocenters. The van der Waals surface area contributed by atoms with Gasteiger partial charge in [0.2, 0.25) is 0 Å². The first-order valence-corrected chi connectivity index (χ1v) is 6.90. The molecule has 18 heavy (non-hydrogen) atoms. The second kappa shape index (κ2) is 7.65. The Morgan fingerprint density at radius 2 is 1.89 bits per heavy atom. The number of fused-ring (bicyclic) bond motifs is 1. The van der Waals surface area contributed by atoms with Gasteiger partial charge in [-0.1, -0.05) is 32.0 Å². The van der Waals surface area contributed by atoms with Crippen molar-refractivity contribution in [1.29, 1.82) is 0 Å². The van der Waals surface area contributed by atoms with E-state index in [1.807, 2.05) is 0 Å². The van der Waals surface area contributed by atoms with Gasteiger partial charge in [-0.2, -0.15) is 0 Å². The molecule has 1 aromatic carbocycles. The first-order chi connectivity index (χ1) is 8.35. The zero-order chi connectivity index (χ0) is 12.1. The third-order valence-corrected chi connectivity index (χ3v) is 3.79. The number of hydrogen-bond donors (Lipinski definition) is 0. The van der Waals surface area contributed by atoms with Gasteiger partial charge in [0, 0.05) is 25.3 Å². The number of para-hydroxylation sites is 1. The standard InChI is InChI=1S/C15H24N2.ClH/c1-3-16(4-2)12-13-17-11-7-9-14-8-5-6-10-15(14)17;/h5-6,8,10H,3-4,7,9,11-13H2,1-2H3;1H. The van der Waals surface area contributed by atoms with Crippen LogP contribution in [0.25, 0.3) is 0 Å². The Morgan fingerprint density at radius 1 is 1.17 bits per heavy atom. The van der Waals surface area contributed by atoms with Crippen molar-refractivity contribution < 1.29 is 0 Å². The van der Waals surface area contributed by atoms with Crippen molar-refractivity contribution in [2.75, 3.05) is 37.6 Å². The molecular weight excluding hydrogens is 244 g/mol. The maximum Gasteiger partial charge on any atom is 0.0399 e. The van der Waals surface area contributed by atoms with Crippen LogP contribution in [0.1, 0.15) is 25.8 Å². The van der Waals surface area contributed by atoms with E-state index < -0.39 is 0 Å². The number of hydrogen-bond acceptors (Lipinski definition) is 2. The molecule has 0 aromatic heterocycles. The molecule has 1 aromatic rings. The Bertz CT molecular complexity index is 350. The molecule has 0 N–H and O–H groups in total. The zero-order valence-corrected chi connectivity index (χ0v) is 12.4. The van der Waals surface area contributed by atoms with Gasteiger partial charge >= 0.3 is 0 Å². The highest BCUT2D eigenvalue weighted by Crippen LogP contribution is 2.26. The third kappa shape index (κ3) is 3.63. The first kappa shape index (κ1) is 15.3. The summed E-state index contributed by atoms with van der Waals surface area (Å²) < 4.78 is 0. The zero-order valence-electron chi connectivity index (χ0n) is 11.6. The fraction of sp³-hybridized carbons (Fsp3) is 0.600. The van der Waals surface area contributed by atoms with Crippen LogP contribution < -0.4 is 4.90 Å². The Kier molecular flexibility index (Phi) is 6.51. The van der Waals surface area contributed by atoms with E-state index in [1.165, 1.54) is 43.7 Å². The predicted octanol–water partition coefficient (Wildman–Crippen LogP) is 3.20. The van der Waals surface area contributed by atoms with Crippen LogP contribution in [0, 0.1) is 0 Å². The highest BCUT2D eigenvalue weighted by Gasteiger charge is 2.16. The van der Waals surface area contributed by atoms with Gasteiger partial charge in [-0.3, -0.25) is 0 Å². The van der Waals surface area contributed by atoms with Gasteiger partial charge in [0.15, 0.2) is 0 Å². The van der Waals surface area contributed by atoms with E-state index in [0.29, 0.717) is 0 Å². The second-order valence-corrected chi connectivity index (χ2v) is 4.75. The van der Waals surface area contributed by atoms with Crippen molar-refractivity contribution in [3.05, 3.63) is 29.8 Å². The average molecular weight is 269 g/mol.